The zero-order valence-electron chi connectivity index (χ0n) is 10.8. The maximum atomic E-state index is 4.52. The number of nitrogens with one attached hydrogen (secondary N) is 1. The number of hydrogen-bond donors (Lipinski definition) is 1. The molecule has 19 heavy (non-hydrogen) atoms. The Morgan fingerprint density at radius 2 is 2.11 bits per heavy atom. The number of hydrogen-bond acceptors (Lipinski definition) is 4. The normalized spacial score (nSPS) is 16.1. The van der Waals surface area contributed by atoms with Crippen LogP contribution in [0.3, 0.4) is 0 Å². The molecule has 1 aliphatic rings. The zero-order chi connectivity index (χ0) is 13.1. The largest absolute Gasteiger partial charge is 0.353 e. The molecule has 1 fully saturated rings. The van der Waals surface area contributed by atoms with E-state index in [-0.39, 0.29) is 0 Å². The summed E-state index contributed by atoms with van der Waals surface area (Å²) in [5, 5.41) is 4.36. The minimum Gasteiger partial charge on any atom is -0.353 e. The Labute approximate surface area is 121 Å². The van der Waals surface area contributed by atoms with E-state index >= 15 is 0 Å². The number of nitrogens with zero attached hydrogens (tertiary/aromatic N) is 3. The van der Waals surface area contributed by atoms with Gasteiger partial charge in [0.25, 0.3) is 0 Å². The van der Waals surface area contributed by atoms with Gasteiger partial charge in [-0.1, -0.05) is 15.9 Å². The van der Waals surface area contributed by atoms with E-state index in [4.69, 9.17) is 0 Å². The van der Waals surface area contributed by atoms with Gasteiger partial charge in [-0.25, -0.2) is 9.97 Å². The van der Waals surface area contributed by atoms with Gasteiger partial charge in [0.15, 0.2) is 0 Å². The Bertz CT molecular complexity index is 566. The first-order valence-electron chi connectivity index (χ1n) is 6.70. The van der Waals surface area contributed by atoms with Crippen LogP contribution in [-0.2, 0) is 0 Å². The SMILES string of the molecule is Brc1ccc2nc(NCCN3CCCC3)ncc2c1. The van der Waals surface area contributed by atoms with Gasteiger partial charge in [0.2, 0.25) is 5.95 Å². The number of likely N-dealkylation sites (tertiary alicyclic amines) is 1. The molecule has 0 bridgehead atoms. The smallest absolute Gasteiger partial charge is 0.223 e. The summed E-state index contributed by atoms with van der Waals surface area (Å²) in [6.45, 7) is 4.44. The minimum absolute atomic E-state index is 0.717. The second-order valence-electron chi connectivity index (χ2n) is 4.87. The molecule has 1 saturated heterocycles. The van der Waals surface area contributed by atoms with Crippen LogP contribution in [0.4, 0.5) is 5.95 Å². The lowest BCUT2D eigenvalue weighted by Crippen LogP contribution is -2.26. The van der Waals surface area contributed by atoms with Gasteiger partial charge in [0.1, 0.15) is 0 Å². The summed E-state index contributed by atoms with van der Waals surface area (Å²) >= 11 is 3.45. The van der Waals surface area contributed by atoms with E-state index in [9.17, 15) is 0 Å². The van der Waals surface area contributed by atoms with Crippen LogP contribution in [0.5, 0.6) is 0 Å². The minimum atomic E-state index is 0.717. The summed E-state index contributed by atoms with van der Waals surface area (Å²) in [7, 11) is 0. The van der Waals surface area contributed by atoms with E-state index in [0.717, 1.165) is 28.5 Å². The first-order chi connectivity index (χ1) is 9.31. The third kappa shape index (κ3) is 3.22. The summed E-state index contributed by atoms with van der Waals surface area (Å²) in [5.41, 5.74) is 0.974. The number of benzene rings is 1. The fraction of sp³-hybridized carbons (Fsp3) is 0.429. The van der Waals surface area contributed by atoms with Crippen molar-refractivity contribution in [2.45, 2.75) is 12.8 Å². The van der Waals surface area contributed by atoms with E-state index in [1.807, 2.05) is 24.4 Å². The third-order valence-electron chi connectivity index (χ3n) is 3.45. The van der Waals surface area contributed by atoms with Crippen LogP contribution in [0, 0.1) is 0 Å². The molecule has 1 N–H and O–H groups in total. The molecule has 0 saturated carbocycles. The molecule has 3 rings (SSSR count). The van der Waals surface area contributed by atoms with Crippen LogP contribution >= 0.6 is 15.9 Å². The lowest BCUT2D eigenvalue weighted by atomic mass is 10.2. The van der Waals surface area contributed by atoms with Crippen molar-refractivity contribution in [1.29, 1.82) is 0 Å². The van der Waals surface area contributed by atoms with Gasteiger partial charge in [-0.3, -0.25) is 0 Å². The number of halogens is 1. The highest BCUT2D eigenvalue weighted by Gasteiger charge is 2.10. The van der Waals surface area contributed by atoms with Gasteiger partial charge < -0.3 is 10.2 Å². The Morgan fingerprint density at radius 1 is 1.26 bits per heavy atom. The second-order valence-corrected chi connectivity index (χ2v) is 5.79. The Kier molecular flexibility index (Phi) is 3.94. The summed E-state index contributed by atoms with van der Waals surface area (Å²) in [5.74, 6) is 0.717. The monoisotopic (exact) mass is 320 g/mol. The van der Waals surface area contributed by atoms with Gasteiger partial charge in [0.05, 0.1) is 5.52 Å². The molecule has 0 spiro atoms. The number of aromatic nitrogens is 2. The molecule has 0 unspecified atom stereocenters. The molecule has 1 aromatic heterocycles. The van der Waals surface area contributed by atoms with Crippen molar-refractivity contribution in [1.82, 2.24) is 14.9 Å². The summed E-state index contributed by atoms with van der Waals surface area (Å²) in [6, 6.07) is 6.04. The highest BCUT2D eigenvalue weighted by atomic mass is 79.9. The average Bonchev–Trinajstić information content (AvgIpc) is 2.92. The standard InChI is InChI=1S/C14H17BrN4/c15-12-3-4-13-11(9-12)10-17-14(18-13)16-5-8-19-6-1-2-7-19/h3-4,9-10H,1-2,5-8H2,(H,16,17,18). The number of fused-ring (bicyclic) bond motifs is 1. The molecular weight excluding hydrogens is 304 g/mol. The van der Waals surface area contributed by atoms with Crippen LogP contribution in [-0.4, -0.2) is 41.0 Å². The molecule has 0 aliphatic carbocycles. The highest BCUT2D eigenvalue weighted by molar-refractivity contribution is 9.10. The first kappa shape index (κ1) is 12.8. The summed E-state index contributed by atoms with van der Waals surface area (Å²) in [4.78, 5) is 11.3. The molecule has 2 aromatic rings. The fourth-order valence-electron chi connectivity index (χ4n) is 2.42. The van der Waals surface area contributed by atoms with Gasteiger partial charge in [-0.2, -0.15) is 0 Å². The molecular formula is C14H17BrN4. The van der Waals surface area contributed by atoms with E-state index < -0.39 is 0 Å². The van der Waals surface area contributed by atoms with Crippen LogP contribution in [0.15, 0.2) is 28.9 Å². The third-order valence-corrected chi connectivity index (χ3v) is 3.94. The van der Waals surface area contributed by atoms with Crippen LogP contribution in [0.1, 0.15) is 12.8 Å². The molecule has 2 heterocycles. The fourth-order valence-corrected chi connectivity index (χ4v) is 2.80. The molecule has 0 radical (unpaired) electrons. The van der Waals surface area contributed by atoms with Crippen LogP contribution < -0.4 is 5.32 Å². The van der Waals surface area contributed by atoms with Crippen molar-refractivity contribution in [2.24, 2.45) is 0 Å². The van der Waals surface area contributed by atoms with E-state index in [2.05, 4.69) is 36.1 Å². The van der Waals surface area contributed by atoms with Gasteiger partial charge in [-0.15, -0.1) is 0 Å². The van der Waals surface area contributed by atoms with Crippen LogP contribution in [0.25, 0.3) is 10.9 Å². The van der Waals surface area contributed by atoms with E-state index in [0.29, 0.717) is 5.95 Å². The molecule has 0 atom stereocenters. The number of rotatable bonds is 4. The molecule has 4 nitrogen and oxygen atoms in total. The highest BCUT2D eigenvalue weighted by Crippen LogP contribution is 2.18. The van der Waals surface area contributed by atoms with Gasteiger partial charge in [0, 0.05) is 29.1 Å². The summed E-state index contributed by atoms with van der Waals surface area (Å²) in [6.07, 6.45) is 4.54. The summed E-state index contributed by atoms with van der Waals surface area (Å²) < 4.78 is 1.05. The molecule has 0 amide bonds. The lowest BCUT2D eigenvalue weighted by Gasteiger charge is -2.14. The van der Waals surface area contributed by atoms with E-state index in [1.54, 1.807) is 0 Å². The maximum Gasteiger partial charge on any atom is 0.223 e. The Hall–Kier alpha value is -1.20. The topological polar surface area (TPSA) is 41.1 Å². The molecule has 1 aromatic carbocycles. The zero-order valence-corrected chi connectivity index (χ0v) is 12.4. The number of anilines is 1. The maximum absolute atomic E-state index is 4.52. The van der Waals surface area contributed by atoms with Gasteiger partial charge >= 0.3 is 0 Å². The Morgan fingerprint density at radius 3 is 2.95 bits per heavy atom. The van der Waals surface area contributed by atoms with Gasteiger partial charge in [-0.05, 0) is 44.1 Å². The van der Waals surface area contributed by atoms with Crippen molar-refractivity contribution in [3.05, 3.63) is 28.9 Å². The van der Waals surface area contributed by atoms with Crippen molar-refractivity contribution < 1.29 is 0 Å². The molecule has 100 valence electrons. The second kappa shape index (κ2) is 5.84. The molecule has 1 aliphatic heterocycles. The first-order valence-corrected chi connectivity index (χ1v) is 7.49. The van der Waals surface area contributed by atoms with Crippen LogP contribution in [0.2, 0.25) is 0 Å². The van der Waals surface area contributed by atoms with Crippen molar-refractivity contribution >= 4 is 32.8 Å². The van der Waals surface area contributed by atoms with Crippen molar-refractivity contribution in [2.75, 3.05) is 31.5 Å². The Balaban J connectivity index is 1.62. The quantitative estimate of drug-likeness (QED) is 0.940. The van der Waals surface area contributed by atoms with E-state index in [1.165, 1.54) is 25.9 Å². The van der Waals surface area contributed by atoms with Crippen molar-refractivity contribution in [3.63, 3.8) is 0 Å². The lowest BCUT2D eigenvalue weighted by molar-refractivity contribution is 0.352. The predicted molar refractivity (Wildman–Crippen MR) is 81.4 cm³/mol. The predicted octanol–water partition coefficient (Wildman–Crippen LogP) is 2.90. The average molecular weight is 321 g/mol. The molecule has 5 heteroatoms. The van der Waals surface area contributed by atoms with Crippen molar-refractivity contribution in [3.8, 4) is 0 Å².